The van der Waals surface area contributed by atoms with Gasteiger partial charge >= 0.3 is 12.1 Å². The van der Waals surface area contributed by atoms with Gasteiger partial charge in [-0.2, -0.15) is 0 Å². The van der Waals surface area contributed by atoms with Gasteiger partial charge in [-0.1, -0.05) is 0 Å². The van der Waals surface area contributed by atoms with Crippen molar-refractivity contribution in [1.82, 2.24) is 25.2 Å². The van der Waals surface area contributed by atoms with Crippen LogP contribution >= 0.6 is 0 Å². The van der Waals surface area contributed by atoms with Crippen LogP contribution in [0.15, 0.2) is 48.8 Å². The van der Waals surface area contributed by atoms with Crippen molar-refractivity contribution >= 4 is 58.1 Å². The Labute approximate surface area is 375 Å². The Morgan fingerprint density at radius 2 is 1.59 bits per heavy atom. The van der Waals surface area contributed by atoms with Crippen LogP contribution in [0.3, 0.4) is 0 Å². The fourth-order valence-corrected chi connectivity index (χ4v) is 9.78. The number of nitrogens with one attached hydrogen (secondary N) is 2. The number of amides is 4. The van der Waals surface area contributed by atoms with E-state index in [1.165, 1.54) is 29.8 Å². The predicted molar refractivity (Wildman–Crippen MR) is 250 cm³/mol. The fraction of sp³-hybridized carbons (Fsp3) is 0.500. The normalized spacial score (nSPS) is 18.6. The molecule has 4 amide bonds. The van der Waals surface area contributed by atoms with E-state index in [0.29, 0.717) is 56.1 Å². The molecule has 0 saturated carbocycles. The molecule has 16 nitrogen and oxygen atoms in total. The molecule has 7 heterocycles. The van der Waals surface area contributed by atoms with Crippen LogP contribution < -0.4 is 39.9 Å². The highest BCUT2D eigenvalue weighted by Crippen LogP contribution is 2.40. The molecular weight excluding hydrogens is 811 g/mol. The summed E-state index contributed by atoms with van der Waals surface area (Å²) in [5.74, 6) is 1.47. The third-order valence-corrected chi connectivity index (χ3v) is 13.2. The van der Waals surface area contributed by atoms with E-state index in [-0.39, 0.29) is 11.9 Å². The van der Waals surface area contributed by atoms with Crippen molar-refractivity contribution in [3.05, 3.63) is 76.7 Å². The Hall–Kier alpha value is -6.16. The molecule has 0 aliphatic carbocycles. The number of benzene rings is 2. The maximum Gasteiger partial charge on any atom is 0.415 e. The second-order valence-corrected chi connectivity index (χ2v) is 18.8. The van der Waals surface area contributed by atoms with Gasteiger partial charge in [0.05, 0.1) is 30.7 Å². The fourth-order valence-electron chi connectivity index (χ4n) is 9.78. The lowest BCUT2D eigenvalue weighted by Gasteiger charge is -2.40. The SMILES string of the molecule is Cc1cc(Nc2ncc3c(n2)CN(c2cnc4c(c2C)N(C(=O)OC(C)(C)C)CCO4)CC3)ccc1N1CCC(CN2CCN(c3ccc(N4CCC(=O)NC4=O)c(C)c3)CC2)CC1. The number of carbonyl (C=O) groups is 3. The number of hydrogen-bond acceptors (Lipinski definition) is 13. The molecule has 5 aliphatic rings. The minimum Gasteiger partial charge on any atom is -0.474 e. The largest absolute Gasteiger partial charge is 0.474 e. The molecule has 0 spiro atoms. The number of piperazine rings is 1. The Morgan fingerprint density at radius 3 is 2.33 bits per heavy atom. The third-order valence-electron chi connectivity index (χ3n) is 13.2. The average molecular weight is 872 g/mol. The Balaban J connectivity index is 0.764. The van der Waals surface area contributed by atoms with E-state index >= 15 is 0 Å². The average Bonchev–Trinajstić information content (AvgIpc) is 3.26. The molecule has 2 N–H and O–H groups in total. The van der Waals surface area contributed by atoms with Gasteiger partial charge in [-0.15, -0.1) is 0 Å². The van der Waals surface area contributed by atoms with Crippen molar-refractivity contribution in [2.45, 2.75) is 79.4 Å². The van der Waals surface area contributed by atoms with Crippen LogP contribution in [0.2, 0.25) is 0 Å². The van der Waals surface area contributed by atoms with Crippen molar-refractivity contribution in [3.63, 3.8) is 0 Å². The van der Waals surface area contributed by atoms with Gasteiger partial charge in [-0.3, -0.25) is 24.8 Å². The maximum absolute atomic E-state index is 13.2. The molecular formula is C48H61N11O5. The topological polar surface area (TPSA) is 152 Å². The van der Waals surface area contributed by atoms with Gasteiger partial charge in [0.2, 0.25) is 17.7 Å². The number of nitrogens with zero attached hydrogens (tertiary/aromatic N) is 9. The molecule has 3 fully saturated rings. The first-order valence-electron chi connectivity index (χ1n) is 22.8. The molecule has 9 rings (SSSR count). The number of hydrogen-bond donors (Lipinski definition) is 2. The summed E-state index contributed by atoms with van der Waals surface area (Å²) in [6.07, 6.45) is 6.84. The Morgan fingerprint density at radius 1 is 0.828 bits per heavy atom. The number of imide groups is 1. The smallest absolute Gasteiger partial charge is 0.415 e. The number of piperidine rings is 1. The highest BCUT2D eigenvalue weighted by molar-refractivity contribution is 6.06. The molecule has 16 heteroatoms. The third kappa shape index (κ3) is 9.24. The minimum absolute atomic E-state index is 0.216. The summed E-state index contributed by atoms with van der Waals surface area (Å²) in [6, 6.07) is 12.5. The van der Waals surface area contributed by atoms with Gasteiger partial charge < -0.3 is 29.5 Å². The molecule has 0 atom stereocenters. The van der Waals surface area contributed by atoms with Crippen LogP contribution in [-0.4, -0.2) is 116 Å². The van der Waals surface area contributed by atoms with Gasteiger partial charge in [0.15, 0.2) is 0 Å². The second kappa shape index (κ2) is 17.8. The summed E-state index contributed by atoms with van der Waals surface area (Å²) in [4.78, 5) is 64.8. The monoisotopic (exact) mass is 871 g/mol. The van der Waals surface area contributed by atoms with Gasteiger partial charge in [0.25, 0.3) is 0 Å². The van der Waals surface area contributed by atoms with E-state index < -0.39 is 11.7 Å². The number of aryl methyl sites for hydroxylation is 2. The first-order valence-corrected chi connectivity index (χ1v) is 22.8. The Kier molecular flexibility index (Phi) is 12.0. The van der Waals surface area contributed by atoms with Crippen LogP contribution in [0.1, 0.15) is 68.0 Å². The van der Waals surface area contributed by atoms with Crippen molar-refractivity contribution in [2.24, 2.45) is 5.92 Å². The standard InChI is InChI=1S/C48H61N11O5/c1-31-25-36(51-45-50-27-35-13-17-57(30-38(35)52-45)41-28-49-44-43(33(41)3)59(23-24-63-44)47(62)64-48(4,5)6)7-9-39(31)56-15-11-34(12-16-56)29-54-19-21-55(22-20-54)37-8-10-40(32(2)26-37)58-18-14-42(60)53-46(58)61/h7-10,25-28,34H,11-24,29-30H2,1-6H3,(H,50,51,52)(H,53,60,61). The molecule has 0 radical (unpaired) electrons. The van der Waals surface area contributed by atoms with E-state index in [1.54, 1.807) is 9.80 Å². The van der Waals surface area contributed by atoms with Gasteiger partial charge in [0, 0.05) is 99.8 Å². The number of carbonyl (C=O) groups excluding carboxylic acids is 3. The molecule has 2 aromatic carbocycles. The molecule has 4 aromatic rings. The summed E-state index contributed by atoms with van der Waals surface area (Å²) < 4.78 is 11.6. The Bertz CT molecular complexity index is 2420. The number of fused-ring (bicyclic) bond motifs is 2. The number of ether oxygens (including phenoxy) is 2. The van der Waals surface area contributed by atoms with Crippen LogP contribution in [0.4, 0.5) is 49.7 Å². The van der Waals surface area contributed by atoms with Gasteiger partial charge in [0.1, 0.15) is 17.9 Å². The van der Waals surface area contributed by atoms with Crippen LogP contribution in [-0.2, 0) is 22.5 Å². The summed E-state index contributed by atoms with van der Waals surface area (Å²) in [6.45, 7) is 21.6. The molecule has 0 unspecified atom stereocenters. The highest BCUT2D eigenvalue weighted by atomic mass is 16.6. The van der Waals surface area contributed by atoms with Gasteiger partial charge in [-0.05, 0) is 120 Å². The van der Waals surface area contributed by atoms with Crippen LogP contribution in [0.5, 0.6) is 5.88 Å². The van der Waals surface area contributed by atoms with E-state index in [2.05, 4.69) is 72.5 Å². The zero-order chi connectivity index (χ0) is 44.7. The maximum atomic E-state index is 13.2. The first-order chi connectivity index (χ1) is 30.8. The van der Waals surface area contributed by atoms with Crippen molar-refractivity contribution < 1.29 is 23.9 Å². The lowest BCUT2D eigenvalue weighted by molar-refractivity contribution is -0.120. The number of urea groups is 1. The number of pyridine rings is 1. The van der Waals surface area contributed by atoms with Crippen molar-refractivity contribution in [2.75, 3.05) is 102 Å². The number of anilines is 7. The summed E-state index contributed by atoms with van der Waals surface area (Å²) in [5, 5.41) is 5.90. The van der Waals surface area contributed by atoms with Crippen LogP contribution in [0, 0.1) is 26.7 Å². The van der Waals surface area contributed by atoms with E-state index in [9.17, 15) is 14.4 Å². The molecule has 5 aliphatic heterocycles. The van der Waals surface area contributed by atoms with Crippen molar-refractivity contribution in [1.29, 1.82) is 0 Å². The van der Waals surface area contributed by atoms with E-state index in [1.807, 2.05) is 53.1 Å². The molecule has 0 bridgehead atoms. The van der Waals surface area contributed by atoms with E-state index in [0.717, 1.165) is 98.2 Å². The molecule has 338 valence electrons. The summed E-state index contributed by atoms with van der Waals surface area (Å²) >= 11 is 0. The lowest BCUT2D eigenvalue weighted by atomic mass is 9.95. The van der Waals surface area contributed by atoms with E-state index in [4.69, 9.17) is 19.4 Å². The second-order valence-electron chi connectivity index (χ2n) is 18.8. The zero-order valence-corrected chi connectivity index (χ0v) is 38.1. The first kappa shape index (κ1) is 43.1. The quantitative estimate of drug-likeness (QED) is 0.193. The highest BCUT2D eigenvalue weighted by Gasteiger charge is 2.33. The van der Waals surface area contributed by atoms with Crippen molar-refractivity contribution in [3.8, 4) is 5.88 Å². The van der Waals surface area contributed by atoms with Gasteiger partial charge in [-0.25, -0.2) is 24.5 Å². The van der Waals surface area contributed by atoms with Crippen LogP contribution in [0.25, 0.3) is 0 Å². The summed E-state index contributed by atoms with van der Waals surface area (Å²) in [7, 11) is 0. The molecule has 2 aromatic heterocycles. The molecule has 64 heavy (non-hydrogen) atoms. The zero-order valence-electron chi connectivity index (χ0n) is 38.1. The minimum atomic E-state index is -0.615. The number of rotatable bonds is 8. The summed E-state index contributed by atoms with van der Waals surface area (Å²) in [5.41, 5.74) is 10.5. The molecule has 3 saturated heterocycles. The lowest BCUT2D eigenvalue weighted by Crippen LogP contribution is -2.50. The predicted octanol–water partition coefficient (Wildman–Crippen LogP) is 6.72. The number of aromatic nitrogens is 3.